The van der Waals surface area contributed by atoms with E-state index in [1.807, 2.05) is 19.2 Å². The van der Waals surface area contributed by atoms with E-state index < -0.39 is 0 Å². The highest BCUT2D eigenvalue weighted by Gasteiger charge is 2.14. The van der Waals surface area contributed by atoms with Crippen molar-refractivity contribution in [2.24, 2.45) is 0 Å². The molecule has 0 saturated carbocycles. The molecule has 2 N–H and O–H groups in total. The Bertz CT molecular complexity index is 982. The Hall–Kier alpha value is -2.19. The van der Waals surface area contributed by atoms with Crippen molar-refractivity contribution in [3.8, 4) is 11.1 Å². The topological polar surface area (TPSA) is 74.8 Å². The van der Waals surface area contributed by atoms with Gasteiger partial charge in [-0.15, -0.1) is 11.3 Å². The Morgan fingerprint density at radius 3 is 2.81 bits per heavy atom. The van der Waals surface area contributed by atoms with E-state index in [2.05, 4.69) is 15.3 Å². The number of benzene rings is 1. The second kappa shape index (κ2) is 8.01. The van der Waals surface area contributed by atoms with Crippen molar-refractivity contribution in [2.45, 2.75) is 31.5 Å². The van der Waals surface area contributed by atoms with Crippen LogP contribution in [0.15, 0.2) is 39.6 Å². The first-order valence-electron chi connectivity index (χ1n) is 8.17. The smallest absolute Gasteiger partial charge is 0.260 e. The fourth-order valence-electron chi connectivity index (χ4n) is 2.39. The number of halogens is 1. The van der Waals surface area contributed by atoms with E-state index in [4.69, 9.17) is 0 Å². The fourth-order valence-corrected chi connectivity index (χ4v) is 4.07. The Morgan fingerprint density at radius 2 is 2.12 bits per heavy atom. The summed E-state index contributed by atoms with van der Waals surface area (Å²) in [5.41, 5.74) is 1.23. The number of nitrogens with one attached hydrogen (secondary N) is 2. The summed E-state index contributed by atoms with van der Waals surface area (Å²) in [5, 5.41) is 5.60. The molecule has 0 aliphatic heterocycles. The maximum Gasteiger partial charge on any atom is 0.260 e. The molecular weight excluding hydrogens is 373 g/mol. The summed E-state index contributed by atoms with van der Waals surface area (Å²) in [6.07, 6.45) is 0.860. The molecule has 2 aromatic heterocycles. The molecule has 0 unspecified atom stereocenters. The number of H-pyrrole nitrogens is 1. The lowest BCUT2D eigenvalue weighted by Gasteiger charge is -2.10. The standard InChI is InChI=1S/C18H18FN3O2S2/c1-3-10(2)20-14(23)9-26-18-21-16(24)15-13(8-25-17(15)22-18)11-4-6-12(19)7-5-11/h4-8,10H,3,9H2,1-2H3,(H,20,23)(H,21,22,24)/t10-/m1/s1. The highest BCUT2D eigenvalue weighted by Crippen LogP contribution is 2.31. The van der Waals surface area contributed by atoms with Gasteiger partial charge in [-0.1, -0.05) is 30.8 Å². The van der Waals surface area contributed by atoms with Crippen LogP contribution in [0.5, 0.6) is 0 Å². The van der Waals surface area contributed by atoms with E-state index >= 15 is 0 Å². The van der Waals surface area contributed by atoms with E-state index in [0.717, 1.165) is 17.5 Å². The molecule has 2 heterocycles. The van der Waals surface area contributed by atoms with E-state index in [-0.39, 0.29) is 29.1 Å². The number of carbonyl (C=O) groups excluding carboxylic acids is 1. The summed E-state index contributed by atoms with van der Waals surface area (Å²) in [7, 11) is 0. The molecule has 8 heteroatoms. The van der Waals surface area contributed by atoms with E-state index in [0.29, 0.717) is 15.4 Å². The van der Waals surface area contributed by atoms with Crippen LogP contribution in [0.1, 0.15) is 20.3 Å². The van der Waals surface area contributed by atoms with Gasteiger partial charge >= 0.3 is 0 Å². The minimum Gasteiger partial charge on any atom is -0.353 e. The molecule has 0 aliphatic rings. The van der Waals surface area contributed by atoms with Gasteiger partial charge in [-0.3, -0.25) is 9.59 Å². The van der Waals surface area contributed by atoms with Crippen LogP contribution in [0.4, 0.5) is 4.39 Å². The number of aromatic amines is 1. The number of aromatic nitrogens is 2. The van der Waals surface area contributed by atoms with Gasteiger partial charge in [0.2, 0.25) is 5.91 Å². The number of thiophene rings is 1. The molecular formula is C18H18FN3O2S2. The molecule has 136 valence electrons. The van der Waals surface area contributed by atoms with Crippen LogP contribution >= 0.6 is 23.1 Å². The number of hydrogen-bond donors (Lipinski definition) is 2. The van der Waals surface area contributed by atoms with Gasteiger partial charge in [-0.25, -0.2) is 9.37 Å². The third-order valence-electron chi connectivity index (χ3n) is 3.94. The predicted molar refractivity (Wildman–Crippen MR) is 104 cm³/mol. The quantitative estimate of drug-likeness (QED) is 0.495. The van der Waals surface area contributed by atoms with Crippen LogP contribution in [0.2, 0.25) is 0 Å². The van der Waals surface area contributed by atoms with Crippen molar-refractivity contribution in [3.63, 3.8) is 0 Å². The Morgan fingerprint density at radius 1 is 1.38 bits per heavy atom. The van der Waals surface area contributed by atoms with Gasteiger partial charge in [0.05, 0.1) is 11.1 Å². The molecule has 1 atom stereocenters. The number of hydrogen-bond acceptors (Lipinski definition) is 5. The molecule has 0 aliphatic carbocycles. The zero-order valence-corrected chi connectivity index (χ0v) is 16.0. The summed E-state index contributed by atoms with van der Waals surface area (Å²) >= 11 is 2.55. The summed E-state index contributed by atoms with van der Waals surface area (Å²) < 4.78 is 13.1. The first kappa shape index (κ1) is 18.6. The van der Waals surface area contributed by atoms with Crippen molar-refractivity contribution in [1.82, 2.24) is 15.3 Å². The SMILES string of the molecule is CC[C@@H](C)NC(=O)CSc1nc2scc(-c3ccc(F)cc3)c2c(=O)[nH]1. The number of carbonyl (C=O) groups is 1. The van der Waals surface area contributed by atoms with Crippen LogP contribution in [-0.4, -0.2) is 27.7 Å². The summed E-state index contributed by atoms with van der Waals surface area (Å²) in [6, 6.07) is 6.12. The van der Waals surface area contributed by atoms with Crippen LogP contribution in [0.3, 0.4) is 0 Å². The van der Waals surface area contributed by atoms with Crippen LogP contribution in [-0.2, 0) is 4.79 Å². The zero-order valence-electron chi connectivity index (χ0n) is 14.3. The summed E-state index contributed by atoms with van der Waals surface area (Å²) in [4.78, 5) is 32.2. The monoisotopic (exact) mass is 391 g/mol. The normalized spacial score (nSPS) is 12.3. The first-order chi connectivity index (χ1) is 12.5. The Balaban J connectivity index is 1.82. The van der Waals surface area contributed by atoms with Crippen molar-refractivity contribution in [1.29, 1.82) is 0 Å². The minimum absolute atomic E-state index is 0.0923. The lowest BCUT2D eigenvalue weighted by atomic mass is 10.1. The fraction of sp³-hybridized carbons (Fsp3) is 0.278. The molecule has 0 saturated heterocycles. The number of rotatable bonds is 6. The molecule has 0 spiro atoms. The second-order valence-electron chi connectivity index (χ2n) is 5.87. The molecule has 3 aromatic rings. The molecule has 5 nitrogen and oxygen atoms in total. The molecule has 1 aromatic carbocycles. The van der Waals surface area contributed by atoms with Crippen molar-refractivity contribution in [2.75, 3.05) is 5.75 Å². The van der Waals surface area contributed by atoms with Crippen LogP contribution < -0.4 is 10.9 Å². The van der Waals surface area contributed by atoms with Gasteiger partial charge in [0.15, 0.2) is 5.16 Å². The minimum atomic E-state index is -0.324. The number of thioether (sulfide) groups is 1. The van der Waals surface area contributed by atoms with Gasteiger partial charge in [0.25, 0.3) is 5.56 Å². The van der Waals surface area contributed by atoms with Crippen molar-refractivity contribution in [3.05, 3.63) is 45.8 Å². The van der Waals surface area contributed by atoms with Gasteiger partial charge in [-0.05, 0) is 31.0 Å². The average molecular weight is 391 g/mol. The van der Waals surface area contributed by atoms with Crippen LogP contribution in [0, 0.1) is 5.82 Å². The Labute approximate surface area is 158 Å². The average Bonchev–Trinajstić information content (AvgIpc) is 3.05. The van der Waals surface area contributed by atoms with E-state index in [1.54, 1.807) is 12.1 Å². The lowest BCUT2D eigenvalue weighted by Crippen LogP contribution is -2.33. The molecule has 0 fully saturated rings. The first-order valence-corrected chi connectivity index (χ1v) is 10.0. The molecule has 3 rings (SSSR count). The number of fused-ring (bicyclic) bond motifs is 1. The molecule has 0 radical (unpaired) electrons. The maximum atomic E-state index is 13.1. The highest BCUT2D eigenvalue weighted by atomic mass is 32.2. The van der Waals surface area contributed by atoms with Gasteiger partial charge in [0, 0.05) is 17.0 Å². The largest absolute Gasteiger partial charge is 0.353 e. The third-order valence-corrected chi connectivity index (χ3v) is 5.68. The predicted octanol–water partition coefficient (Wildman–Crippen LogP) is 3.80. The van der Waals surface area contributed by atoms with E-state index in [9.17, 15) is 14.0 Å². The summed E-state index contributed by atoms with van der Waals surface area (Å²) in [5.74, 6) is -0.227. The van der Waals surface area contributed by atoms with Crippen molar-refractivity contribution < 1.29 is 9.18 Å². The molecule has 0 bridgehead atoms. The Kier molecular flexibility index (Phi) is 5.73. The zero-order chi connectivity index (χ0) is 18.7. The third kappa shape index (κ3) is 4.13. The number of nitrogens with zero attached hydrogens (tertiary/aromatic N) is 1. The molecule has 1 amide bonds. The van der Waals surface area contributed by atoms with E-state index in [1.165, 1.54) is 35.2 Å². The summed E-state index contributed by atoms with van der Waals surface area (Å²) in [6.45, 7) is 3.94. The van der Waals surface area contributed by atoms with Crippen molar-refractivity contribution >= 4 is 39.2 Å². The second-order valence-corrected chi connectivity index (χ2v) is 7.70. The van der Waals surface area contributed by atoms with Gasteiger partial charge < -0.3 is 10.3 Å². The van der Waals surface area contributed by atoms with Gasteiger partial charge in [-0.2, -0.15) is 0 Å². The van der Waals surface area contributed by atoms with Gasteiger partial charge in [0.1, 0.15) is 10.6 Å². The highest BCUT2D eigenvalue weighted by molar-refractivity contribution is 7.99. The maximum absolute atomic E-state index is 13.1. The molecule has 26 heavy (non-hydrogen) atoms. The number of amides is 1. The lowest BCUT2D eigenvalue weighted by molar-refractivity contribution is -0.119. The van der Waals surface area contributed by atoms with Crippen LogP contribution in [0.25, 0.3) is 21.3 Å².